The van der Waals surface area contributed by atoms with E-state index in [2.05, 4.69) is 22.2 Å². The van der Waals surface area contributed by atoms with Gasteiger partial charge in [0.15, 0.2) is 23.0 Å². The molecule has 152 valence electrons. The number of aromatic nitrogens is 1. The number of methoxy groups -OCH3 is 2. The van der Waals surface area contributed by atoms with Crippen molar-refractivity contribution >= 4 is 17.0 Å². The lowest BCUT2D eigenvalue weighted by atomic mass is 10.1. The quantitative estimate of drug-likeness (QED) is 0.692. The zero-order chi connectivity index (χ0) is 20.4. The van der Waals surface area contributed by atoms with Crippen molar-refractivity contribution < 1.29 is 18.7 Å². The van der Waals surface area contributed by atoms with Gasteiger partial charge in [-0.3, -0.25) is 4.79 Å². The molecule has 2 heterocycles. The summed E-state index contributed by atoms with van der Waals surface area (Å²) in [5, 5.41) is 3.09. The van der Waals surface area contributed by atoms with E-state index in [9.17, 15) is 4.79 Å². The van der Waals surface area contributed by atoms with E-state index in [-0.39, 0.29) is 11.9 Å². The van der Waals surface area contributed by atoms with Gasteiger partial charge in [0.25, 0.3) is 5.91 Å². The van der Waals surface area contributed by atoms with Crippen LogP contribution in [0.4, 0.5) is 0 Å². The molecule has 4 rings (SSSR count). The molecule has 29 heavy (non-hydrogen) atoms. The molecule has 0 radical (unpaired) electrons. The van der Waals surface area contributed by atoms with Crippen LogP contribution in [-0.2, 0) is 6.42 Å². The van der Waals surface area contributed by atoms with Crippen LogP contribution in [0.3, 0.4) is 0 Å². The number of ether oxygens (including phenoxy) is 2. The lowest BCUT2D eigenvalue weighted by Crippen LogP contribution is -2.36. The third-order valence-electron chi connectivity index (χ3n) is 5.22. The molecule has 0 unspecified atom stereocenters. The van der Waals surface area contributed by atoms with Gasteiger partial charge in [0, 0.05) is 24.6 Å². The van der Waals surface area contributed by atoms with Gasteiger partial charge < -0.3 is 24.1 Å². The number of oxazole rings is 1. The van der Waals surface area contributed by atoms with Gasteiger partial charge in [-0.1, -0.05) is 6.07 Å². The van der Waals surface area contributed by atoms with Crippen molar-refractivity contribution in [2.45, 2.75) is 18.9 Å². The van der Waals surface area contributed by atoms with Gasteiger partial charge in [0.05, 0.1) is 14.2 Å². The zero-order valence-electron chi connectivity index (χ0n) is 16.9. The normalized spacial score (nSPS) is 16.9. The fourth-order valence-electron chi connectivity index (χ4n) is 3.68. The average Bonchev–Trinajstić information content (AvgIpc) is 3.32. The smallest absolute Gasteiger partial charge is 0.251 e. The fourth-order valence-corrected chi connectivity index (χ4v) is 3.68. The Balaban J connectivity index is 1.50. The van der Waals surface area contributed by atoms with Crippen molar-refractivity contribution in [3.05, 3.63) is 53.4 Å². The first-order valence-electron chi connectivity index (χ1n) is 9.65. The molecule has 1 aromatic heterocycles. The minimum Gasteiger partial charge on any atom is -0.493 e. The van der Waals surface area contributed by atoms with Gasteiger partial charge in [-0.2, -0.15) is 0 Å². The summed E-state index contributed by atoms with van der Waals surface area (Å²) >= 11 is 0. The molecule has 1 N–H and O–H groups in total. The zero-order valence-corrected chi connectivity index (χ0v) is 16.9. The Hall–Kier alpha value is -3.06. The van der Waals surface area contributed by atoms with E-state index in [0.29, 0.717) is 35.0 Å². The second-order valence-electron chi connectivity index (χ2n) is 7.38. The highest BCUT2D eigenvalue weighted by Gasteiger charge is 2.22. The number of benzene rings is 2. The van der Waals surface area contributed by atoms with E-state index >= 15 is 0 Å². The number of likely N-dealkylation sites (tertiary alicyclic amines) is 1. The first-order chi connectivity index (χ1) is 14.1. The van der Waals surface area contributed by atoms with Crippen LogP contribution >= 0.6 is 0 Å². The third-order valence-corrected chi connectivity index (χ3v) is 5.22. The molecular formula is C22H25N3O4. The summed E-state index contributed by atoms with van der Waals surface area (Å²) in [6.45, 7) is 1.89. The van der Waals surface area contributed by atoms with Crippen LogP contribution in [0.25, 0.3) is 11.1 Å². The molecule has 1 fully saturated rings. The second-order valence-corrected chi connectivity index (χ2v) is 7.38. The Bertz CT molecular complexity index is 1030. The Morgan fingerprint density at radius 1 is 1.21 bits per heavy atom. The number of likely N-dealkylation sites (N-methyl/N-ethyl adjacent to an activating group) is 1. The monoisotopic (exact) mass is 395 g/mol. The number of hydrogen-bond donors (Lipinski definition) is 1. The van der Waals surface area contributed by atoms with Crippen LogP contribution in [0.15, 0.2) is 40.8 Å². The van der Waals surface area contributed by atoms with Crippen molar-refractivity contribution in [3.8, 4) is 11.5 Å². The predicted molar refractivity (Wildman–Crippen MR) is 110 cm³/mol. The number of carbonyl (C=O) groups is 1. The SMILES string of the molecule is COc1ccc(Cc2nc3ccc(C(=O)N[C@H]4CCN(C)C4)cc3o2)cc1OC. The molecule has 1 aliphatic heterocycles. The lowest BCUT2D eigenvalue weighted by Gasteiger charge is -2.12. The van der Waals surface area contributed by atoms with E-state index in [1.54, 1.807) is 26.4 Å². The summed E-state index contributed by atoms with van der Waals surface area (Å²) in [7, 11) is 5.28. The van der Waals surface area contributed by atoms with Crippen LogP contribution in [0, 0.1) is 0 Å². The highest BCUT2D eigenvalue weighted by Crippen LogP contribution is 2.29. The van der Waals surface area contributed by atoms with Crippen molar-refractivity contribution in [2.24, 2.45) is 0 Å². The van der Waals surface area contributed by atoms with Gasteiger partial charge in [0.2, 0.25) is 0 Å². The number of fused-ring (bicyclic) bond motifs is 1. The van der Waals surface area contributed by atoms with Gasteiger partial charge in [0.1, 0.15) is 5.52 Å². The molecule has 1 saturated heterocycles. The van der Waals surface area contributed by atoms with E-state index in [4.69, 9.17) is 13.9 Å². The molecule has 0 saturated carbocycles. The maximum atomic E-state index is 12.6. The summed E-state index contributed by atoms with van der Waals surface area (Å²) < 4.78 is 16.5. The van der Waals surface area contributed by atoms with Crippen LogP contribution in [-0.4, -0.2) is 56.2 Å². The number of hydrogen-bond acceptors (Lipinski definition) is 6. The third kappa shape index (κ3) is 4.19. The maximum Gasteiger partial charge on any atom is 0.251 e. The molecule has 1 amide bonds. The predicted octanol–water partition coefficient (Wildman–Crippen LogP) is 2.87. The first-order valence-corrected chi connectivity index (χ1v) is 9.65. The van der Waals surface area contributed by atoms with Crippen LogP contribution in [0.2, 0.25) is 0 Å². The van der Waals surface area contributed by atoms with Crippen molar-refractivity contribution in [1.82, 2.24) is 15.2 Å². The minimum atomic E-state index is -0.0787. The highest BCUT2D eigenvalue weighted by molar-refractivity contribution is 5.97. The molecule has 1 aliphatic rings. The van der Waals surface area contributed by atoms with Crippen molar-refractivity contribution in [2.75, 3.05) is 34.4 Å². The van der Waals surface area contributed by atoms with E-state index < -0.39 is 0 Å². The minimum absolute atomic E-state index is 0.0787. The molecule has 7 heteroatoms. The maximum absolute atomic E-state index is 12.6. The van der Waals surface area contributed by atoms with Gasteiger partial charge in [-0.05, 0) is 55.9 Å². The fraction of sp³-hybridized carbons (Fsp3) is 0.364. The highest BCUT2D eigenvalue weighted by atomic mass is 16.5. The molecule has 0 spiro atoms. The van der Waals surface area contributed by atoms with Crippen LogP contribution < -0.4 is 14.8 Å². The number of amides is 1. The Morgan fingerprint density at radius 2 is 2.03 bits per heavy atom. The number of nitrogens with one attached hydrogen (secondary N) is 1. The van der Waals surface area contributed by atoms with Gasteiger partial charge >= 0.3 is 0 Å². The lowest BCUT2D eigenvalue weighted by molar-refractivity contribution is 0.0938. The van der Waals surface area contributed by atoms with Gasteiger partial charge in [-0.25, -0.2) is 4.98 Å². The summed E-state index contributed by atoms with van der Waals surface area (Å²) in [5.74, 6) is 1.85. The largest absolute Gasteiger partial charge is 0.493 e. The number of rotatable bonds is 6. The number of carbonyl (C=O) groups excluding carboxylic acids is 1. The van der Waals surface area contributed by atoms with Crippen molar-refractivity contribution in [3.63, 3.8) is 0 Å². The molecule has 7 nitrogen and oxygen atoms in total. The molecule has 3 aromatic rings. The molecule has 1 atom stereocenters. The van der Waals surface area contributed by atoms with Crippen LogP contribution in [0.5, 0.6) is 11.5 Å². The van der Waals surface area contributed by atoms with Crippen LogP contribution in [0.1, 0.15) is 28.2 Å². The molecular weight excluding hydrogens is 370 g/mol. The number of nitrogens with zero attached hydrogens (tertiary/aromatic N) is 2. The Kier molecular flexibility index (Phi) is 5.40. The van der Waals surface area contributed by atoms with E-state index in [1.807, 2.05) is 24.3 Å². The van der Waals surface area contributed by atoms with Gasteiger partial charge in [-0.15, -0.1) is 0 Å². The molecule has 0 aliphatic carbocycles. The second kappa shape index (κ2) is 8.13. The van der Waals surface area contributed by atoms with Crippen molar-refractivity contribution in [1.29, 1.82) is 0 Å². The summed E-state index contributed by atoms with van der Waals surface area (Å²) in [6.07, 6.45) is 1.49. The average molecular weight is 395 g/mol. The molecule has 2 aromatic carbocycles. The summed E-state index contributed by atoms with van der Waals surface area (Å²) in [5.41, 5.74) is 2.92. The van der Waals surface area contributed by atoms with E-state index in [1.165, 1.54) is 0 Å². The Labute approximate surface area is 169 Å². The summed E-state index contributed by atoms with van der Waals surface area (Å²) in [4.78, 5) is 19.3. The first kappa shape index (κ1) is 19.3. The standard InChI is InChI=1S/C22H25N3O4/c1-25-9-8-16(13-25)23-22(26)15-5-6-17-19(12-15)29-21(24-17)11-14-4-7-18(27-2)20(10-14)28-3/h4-7,10,12,16H,8-9,11,13H2,1-3H3,(H,23,26)/t16-/m0/s1. The van der Waals surface area contributed by atoms with E-state index in [0.717, 1.165) is 30.6 Å². The topological polar surface area (TPSA) is 76.8 Å². The summed E-state index contributed by atoms with van der Waals surface area (Å²) in [6, 6.07) is 11.3. The Morgan fingerprint density at radius 3 is 2.76 bits per heavy atom. The molecule has 0 bridgehead atoms.